The van der Waals surface area contributed by atoms with E-state index >= 15 is 0 Å². The average molecular weight is 283 g/mol. The van der Waals surface area contributed by atoms with Crippen molar-refractivity contribution in [3.8, 4) is 0 Å². The molecule has 1 unspecified atom stereocenters. The lowest BCUT2D eigenvalue weighted by atomic mass is 10.1. The zero-order valence-corrected chi connectivity index (χ0v) is 11.8. The lowest BCUT2D eigenvalue weighted by Crippen LogP contribution is -2.73. The van der Waals surface area contributed by atoms with Gasteiger partial charge in [0.2, 0.25) is 0 Å². The molecule has 0 aromatic rings. The number of ether oxygens (including phenoxy) is 1. The second-order valence-electron chi connectivity index (χ2n) is 4.67. The van der Waals surface area contributed by atoms with Crippen LogP contribution in [-0.4, -0.2) is 61.1 Å². The number of carbonyl (C=O) groups excluding carboxylic acids is 1. The number of nitrogens with zero attached hydrogens (tertiary/aromatic N) is 2. The van der Waals surface area contributed by atoms with Gasteiger partial charge in [0.1, 0.15) is 11.5 Å². The third-order valence-electron chi connectivity index (χ3n) is 3.47. The molecular formula is C12H21N5O3. The Bertz CT molecular complexity index is 456. The molecule has 0 aromatic carbocycles. The summed E-state index contributed by atoms with van der Waals surface area (Å²) in [5.74, 6) is -1.73. The number of rotatable bonds is 3. The van der Waals surface area contributed by atoms with Crippen LogP contribution in [0.4, 0.5) is 0 Å². The highest BCUT2D eigenvalue weighted by molar-refractivity contribution is 6.07. The highest BCUT2D eigenvalue weighted by Gasteiger charge is 2.42. The summed E-state index contributed by atoms with van der Waals surface area (Å²) in [6.07, 6.45) is 0.574. The number of aliphatic hydroxyl groups is 1. The standard InChI is InChI=1S/C12H21N5O3/c1-3-8-9(10(13)18)15-12(19,16-11(8)14-2)17-4-6-20-7-5-17/h15,19H,3-7H2,1-2H3,(H2,13,18)(H,14,16). The SMILES string of the molecule is CCC1=C(C(N)=O)NC(O)(N2CCOCC2)NC1=NC. The number of hydrogen-bond donors (Lipinski definition) is 4. The molecule has 0 aromatic heterocycles. The van der Waals surface area contributed by atoms with E-state index in [1.54, 1.807) is 11.9 Å². The Kier molecular flexibility index (Phi) is 4.26. The molecule has 0 aliphatic carbocycles. The predicted octanol–water partition coefficient (Wildman–Crippen LogP) is -1.71. The van der Waals surface area contributed by atoms with E-state index in [1.165, 1.54) is 0 Å². The molecule has 112 valence electrons. The molecule has 1 atom stereocenters. The van der Waals surface area contributed by atoms with Crippen LogP contribution in [-0.2, 0) is 9.53 Å². The molecular weight excluding hydrogens is 262 g/mol. The molecule has 8 heteroatoms. The van der Waals surface area contributed by atoms with Gasteiger partial charge in [-0.3, -0.25) is 9.79 Å². The van der Waals surface area contributed by atoms with E-state index < -0.39 is 11.9 Å². The molecule has 0 spiro atoms. The minimum absolute atomic E-state index is 0.195. The first-order valence-corrected chi connectivity index (χ1v) is 6.63. The van der Waals surface area contributed by atoms with Crippen molar-refractivity contribution >= 4 is 11.7 Å². The maximum atomic E-state index is 11.6. The molecule has 0 radical (unpaired) electrons. The minimum Gasteiger partial charge on any atom is -0.379 e. The smallest absolute Gasteiger partial charge is 0.281 e. The second-order valence-corrected chi connectivity index (χ2v) is 4.67. The number of aliphatic imine (C=N–C) groups is 1. The number of amides is 1. The van der Waals surface area contributed by atoms with E-state index in [4.69, 9.17) is 10.5 Å². The Morgan fingerprint density at radius 3 is 2.65 bits per heavy atom. The first-order chi connectivity index (χ1) is 9.51. The van der Waals surface area contributed by atoms with Crippen LogP contribution in [0.3, 0.4) is 0 Å². The third kappa shape index (κ3) is 2.62. The van der Waals surface area contributed by atoms with Crippen LogP contribution >= 0.6 is 0 Å². The normalized spacial score (nSPS) is 30.1. The first-order valence-electron chi connectivity index (χ1n) is 6.63. The molecule has 1 saturated heterocycles. The molecule has 1 amide bonds. The van der Waals surface area contributed by atoms with Gasteiger partial charge in [0.05, 0.1) is 13.2 Å². The van der Waals surface area contributed by atoms with Crippen LogP contribution in [0.5, 0.6) is 0 Å². The van der Waals surface area contributed by atoms with Crippen molar-refractivity contribution in [1.29, 1.82) is 0 Å². The summed E-state index contributed by atoms with van der Waals surface area (Å²) in [5, 5.41) is 16.5. The number of morpholine rings is 1. The molecule has 8 nitrogen and oxygen atoms in total. The Morgan fingerprint density at radius 1 is 1.50 bits per heavy atom. The highest BCUT2D eigenvalue weighted by Crippen LogP contribution is 2.20. The summed E-state index contributed by atoms with van der Waals surface area (Å²) in [5.41, 5.74) is 6.26. The van der Waals surface area contributed by atoms with Gasteiger partial charge in [0, 0.05) is 25.7 Å². The molecule has 5 N–H and O–H groups in total. The zero-order chi connectivity index (χ0) is 14.8. The third-order valence-corrected chi connectivity index (χ3v) is 3.47. The number of nitrogens with one attached hydrogen (secondary N) is 2. The molecule has 2 aliphatic rings. The maximum Gasteiger partial charge on any atom is 0.281 e. The lowest BCUT2D eigenvalue weighted by molar-refractivity contribution is -0.169. The van der Waals surface area contributed by atoms with Crippen LogP contribution in [0.25, 0.3) is 0 Å². The summed E-state index contributed by atoms with van der Waals surface area (Å²) < 4.78 is 5.26. The number of nitrogens with two attached hydrogens (primary N) is 1. The molecule has 2 heterocycles. The van der Waals surface area contributed by atoms with Gasteiger partial charge >= 0.3 is 0 Å². The Balaban J connectivity index is 2.35. The van der Waals surface area contributed by atoms with E-state index in [9.17, 15) is 9.90 Å². The van der Waals surface area contributed by atoms with E-state index in [0.717, 1.165) is 0 Å². The largest absolute Gasteiger partial charge is 0.379 e. The Labute approximate surface area is 117 Å². The lowest BCUT2D eigenvalue weighted by Gasteiger charge is -2.45. The van der Waals surface area contributed by atoms with Gasteiger partial charge < -0.3 is 26.2 Å². The van der Waals surface area contributed by atoms with Crippen molar-refractivity contribution in [2.75, 3.05) is 33.4 Å². The summed E-state index contributed by atoms with van der Waals surface area (Å²) >= 11 is 0. The first kappa shape index (κ1) is 14.8. The summed E-state index contributed by atoms with van der Waals surface area (Å²) in [7, 11) is 1.60. The Morgan fingerprint density at radius 2 is 2.15 bits per heavy atom. The number of hydrogen-bond acceptors (Lipinski definition) is 6. The van der Waals surface area contributed by atoms with E-state index in [-0.39, 0.29) is 5.70 Å². The summed E-state index contributed by atoms with van der Waals surface area (Å²) in [4.78, 5) is 17.5. The fourth-order valence-electron chi connectivity index (χ4n) is 2.43. The summed E-state index contributed by atoms with van der Waals surface area (Å²) in [6.45, 7) is 3.98. The molecule has 0 bridgehead atoms. The fraction of sp³-hybridized carbons (Fsp3) is 0.667. The molecule has 20 heavy (non-hydrogen) atoms. The van der Waals surface area contributed by atoms with E-state index in [0.29, 0.717) is 44.1 Å². The quantitative estimate of drug-likeness (QED) is 0.491. The maximum absolute atomic E-state index is 11.6. The highest BCUT2D eigenvalue weighted by atomic mass is 16.5. The second kappa shape index (κ2) is 5.78. The van der Waals surface area contributed by atoms with Crippen LogP contribution < -0.4 is 16.4 Å². The van der Waals surface area contributed by atoms with Gasteiger partial charge in [-0.2, -0.15) is 0 Å². The van der Waals surface area contributed by atoms with Crippen molar-refractivity contribution in [2.24, 2.45) is 10.7 Å². The van der Waals surface area contributed by atoms with Gasteiger partial charge in [-0.1, -0.05) is 6.92 Å². The van der Waals surface area contributed by atoms with Crippen molar-refractivity contribution in [3.05, 3.63) is 11.3 Å². The van der Waals surface area contributed by atoms with E-state index in [2.05, 4.69) is 15.6 Å². The van der Waals surface area contributed by atoms with Crippen LogP contribution in [0, 0.1) is 0 Å². The zero-order valence-electron chi connectivity index (χ0n) is 11.8. The van der Waals surface area contributed by atoms with Gasteiger partial charge in [-0.15, -0.1) is 0 Å². The number of carbonyl (C=O) groups is 1. The Hall–Kier alpha value is -1.64. The van der Waals surface area contributed by atoms with Crippen molar-refractivity contribution in [1.82, 2.24) is 15.5 Å². The topological polar surface area (TPSA) is 112 Å². The van der Waals surface area contributed by atoms with Gasteiger partial charge in [0.15, 0.2) is 0 Å². The monoisotopic (exact) mass is 283 g/mol. The van der Waals surface area contributed by atoms with Gasteiger partial charge in [-0.05, 0) is 6.42 Å². The molecule has 2 aliphatic heterocycles. The van der Waals surface area contributed by atoms with Crippen LogP contribution in [0.15, 0.2) is 16.3 Å². The van der Waals surface area contributed by atoms with Gasteiger partial charge in [-0.25, -0.2) is 4.90 Å². The van der Waals surface area contributed by atoms with Crippen LogP contribution in [0.2, 0.25) is 0 Å². The van der Waals surface area contributed by atoms with Crippen molar-refractivity contribution < 1.29 is 14.6 Å². The fourth-order valence-corrected chi connectivity index (χ4v) is 2.43. The van der Waals surface area contributed by atoms with E-state index in [1.807, 2.05) is 6.92 Å². The van der Waals surface area contributed by atoms with Crippen molar-refractivity contribution in [2.45, 2.75) is 19.3 Å². The number of amidine groups is 1. The summed E-state index contributed by atoms with van der Waals surface area (Å²) in [6, 6.07) is 0. The van der Waals surface area contributed by atoms with Crippen molar-refractivity contribution in [3.63, 3.8) is 0 Å². The molecule has 0 saturated carbocycles. The van der Waals surface area contributed by atoms with Gasteiger partial charge in [0.25, 0.3) is 11.9 Å². The minimum atomic E-state index is -1.58. The van der Waals surface area contributed by atoms with Crippen LogP contribution in [0.1, 0.15) is 13.3 Å². The molecule has 2 rings (SSSR count). The number of primary amides is 1. The predicted molar refractivity (Wildman–Crippen MR) is 73.5 cm³/mol. The molecule has 1 fully saturated rings. The average Bonchev–Trinajstić information content (AvgIpc) is 2.47.